The molecule has 0 atom stereocenters. The number of rotatable bonds is 4. The molecule has 1 aromatic heterocycles. The van der Waals surface area contributed by atoms with Gasteiger partial charge in [-0.1, -0.05) is 6.07 Å². The van der Waals surface area contributed by atoms with Gasteiger partial charge in [-0.05, 0) is 28.1 Å². The molecule has 0 saturated carbocycles. The summed E-state index contributed by atoms with van der Waals surface area (Å²) in [6.07, 6.45) is -0.964. The molecule has 5 heteroatoms. The predicted molar refractivity (Wildman–Crippen MR) is 52.3 cm³/mol. The molecule has 78 valence electrons. The minimum absolute atomic E-state index is 0.317. The van der Waals surface area contributed by atoms with E-state index in [0.29, 0.717) is 10.3 Å². The van der Waals surface area contributed by atoms with E-state index in [4.69, 9.17) is 5.11 Å². The third-order valence-corrected chi connectivity index (χ3v) is 2.13. The van der Waals surface area contributed by atoms with Gasteiger partial charge in [0.1, 0.15) is 4.60 Å². The van der Waals surface area contributed by atoms with Crippen molar-refractivity contribution in [3.63, 3.8) is 0 Å². The fraction of sp³-hybridized carbons (Fsp3) is 0.444. The molecule has 1 aromatic rings. The van der Waals surface area contributed by atoms with Gasteiger partial charge in [0, 0.05) is 18.7 Å². The number of hydrogen-bond acceptors (Lipinski definition) is 2. The average molecular weight is 266 g/mol. The minimum Gasteiger partial charge on any atom is -0.396 e. The van der Waals surface area contributed by atoms with Gasteiger partial charge in [-0.15, -0.1) is 0 Å². The molecule has 0 aliphatic carbocycles. The second-order valence-corrected chi connectivity index (χ2v) is 3.77. The summed E-state index contributed by atoms with van der Waals surface area (Å²) in [6, 6.07) is 4.87. The van der Waals surface area contributed by atoms with Crippen LogP contribution in [0.2, 0.25) is 0 Å². The summed E-state index contributed by atoms with van der Waals surface area (Å²) < 4.78 is 26.6. The van der Waals surface area contributed by atoms with Crippen LogP contribution in [-0.4, -0.2) is 22.6 Å². The number of aromatic nitrogens is 1. The van der Waals surface area contributed by atoms with Crippen LogP contribution in [0.5, 0.6) is 0 Å². The molecular weight excluding hydrogens is 256 g/mol. The van der Waals surface area contributed by atoms with Crippen LogP contribution in [0.1, 0.15) is 12.1 Å². The van der Waals surface area contributed by atoms with Crippen LogP contribution in [0.25, 0.3) is 0 Å². The molecule has 1 rings (SSSR count). The molecular formula is C9H10BrF2NO. The van der Waals surface area contributed by atoms with E-state index in [1.54, 1.807) is 12.1 Å². The molecule has 0 unspecified atom stereocenters. The summed E-state index contributed by atoms with van der Waals surface area (Å²) in [6.45, 7) is -0.513. The summed E-state index contributed by atoms with van der Waals surface area (Å²) in [5, 5.41) is 8.42. The Hall–Kier alpha value is -0.550. The highest BCUT2D eigenvalue weighted by Crippen LogP contribution is 2.23. The first-order valence-electron chi connectivity index (χ1n) is 4.14. The first kappa shape index (κ1) is 11.5. The summed E-state index contributed by atoms with van der Waals surface area (Å²) in [7, 11) is 0. The lowest BCUT2D eigenvalue weighted by atomic mass is 10.1. The van der Waals surface area contributed by atoms with Crippen LogP contribution in [0.3, 0.4) is 0 Å². The highest BCUT2D eigenvalue weighted by atomic mass is 79.9. The zero-order valence-corrected chi connectivity index (χ0v) is 8.97. The Labute approximate surface area is 89.1 Å². The molecule has 1 heterocycles. The summed E-state index contributed by atoms with van der Waals surface area (Å²) >= 11 is 3.10. The van der Waals surface area contributed by atoms with E-state index in [-0.39, 0.29) is 0 Å². The van der Waals surface area contributed by atoms with Crippen molar-refractivity contribution in [3.8, 4) is 0 Å². The second-order valence-electron chi connectivity index (χ2n) is 2.96. The first-order valence-corrected chi connectivity index (χ1v) is 4.93. The third-order valence-electron chi connectivity index (χ3n) is 1.69. The molecule has 0 bridgehead atoms. The number of alkyl halides is 2. The van der Waals surface area contributed by atoms with Crippen molar-refractivity contribution in [3.05, 3.63) is 28.5 Å². The topological polar surface area (TPSA) is 33.1 Å². The normalized spacial score (nSPS) is 11.7. The molecule has 0 fully saturated rings. The van der Waals surface area contributed by atoms with Crippen molar-refractivity contribution in [2.45, 2.75) is 18.8 Å². The predicted octanol–water partition coefficient (Wildman–Crippen LogP) is 2.40. The lowest BCUT2D eigenvalue weighted by molar-refractivity contribution is -0.0214. The number of hydrogen-bond donors (Lipinski definition) is 1. The Kier molecular flexibility index (Phi) is 3.95. The van der Waals surface area contributed by atoms with Gasteiger partial charge in [-0.2, -0.15) is 0 Å². The van der Waals surface area contributed by atoms with Gasteiger partial charge in [0.05, 0.1) is 6.42 Å². The monoisotopic (exact) mass is 265 g/mol. The fourth-order valence-corrected chi connectivity index (χ4v) is 1.45. The van der Waals surface area contributed by atoms with Crippen LogP contribution in [0.4, 0.5) is 8.78 Å². The van der Waals surface area contributed by atoms with Gasteiger partial charge < -0.3 is 5.11 Å². The van der Waals surface area contributed by atoms with E-state index in [1.807, 2.05) is 0 Å². The summed E-state index contributed by atoms with van der Waals surface area (Å²) in [5.41, 5.74) is 0.317. The van der Waals surface area contributed by atoms with E-state index in [2.05, 4.69) is 20.9 Å². The SMILES string of the molecule is OCCC(F)(F)Cc1cccc(Br)n1. The van der Waals surface area contributed by atoms with E-state index in [1.165, 1.54) is 6.07 Å². The zero-order valence-electron chi connectivity index (χ0n) is 7.38. The smallest absolute Gasteiger partial charge is 0.255 e. The number of aliphatic hydroxyl groups is 1. The largest absolute Gasteiger partial charge is 0.396 e. The Bertz CT molecular complexity index is 307. The Morgan fingerprint density at radius 2 is 2.14 bits per heavy atom. The van der Waals surface area contributed by atoms with Crippen molar-refractivity contribution in [2.75, 3.05) is 6.61 Å². The van der Waals surface area contributed by atoms with Gasteiger partial charge in [0.25, 0.3) is 5.92 Å². The van der Waals surface area contributed by atoms with Gasteiger partial charge in [-0.3, -0.25) is 0 Å². The molecule has 0 saturated heterocycles. The van der Waals surface area contributed by atoms with Crippen molar-refractivity contribution in [2.24, 2.45) is 0 Å². The first-order chi connectivity index (χ1) is 6.53. The van der Waals surface area contributed by atoms with Crippen LogP contribution in [-0.2, 0) is 6.42 Å². The highest BCUT2D eigenvalue weighted by Gasteiger charge is 2.28. The summed E-state index contributed by atoms with van der Waals surface area (Å²) in [5.74, 6) is -2.89. The zero-order chi connectivity index (χ0) is 10.6. The maximum Gasteiger partial charge on any atom is 0.255 e. The number of halogens is 3. The molecule has 0 spiro atoms. The minimum atomic E-state index is -2.89. The number of aliphatic hydroxyl groups excluding tert-OH is 1. The molecule has 14 heavy (non-hydrogen) atoms. The Morgan fingerprint density at radius 3 is 2.71 bits per heavy atom. The fourth-order valence-electron chi connectivity index (χ4n) is 1.07. The standard InChI is InChI=1S/C9H10BrF2NO/c10-8-3-1-2-7(13-8)6-9(11,12)4-5-14/h1-3,14H,4-6H2. The van der Waals surface area contributed by atoms with Crippen LogP contribution in [0, 0.1) is 0 Å². The van der Waals surface area contributed by atoms with E-state index in [0.717, 1.165) is 0 Å². The van der Waals surface area contributed by atoms with Gasteiger partial charge in [-0.25, -0.2) is 13.8 Å². The molecule has 1 N–H and O–H groups in total. The van der Waals surface area contributed by atoms with Gasteiger partial charge >= 0.3 is 0 Å². The van der Waals surface area contributed by atoms with Crippen molar-refractivity contribution in [1.29, 1.82) is 0 Å². The molecule has 0 amide bonds. The molecule has 0 aromatic carbocycles. The maximum absolute atomic E-state index is 13.0. The van der Waals surface area contributed by atoms with Gasteiger partial charge in [0.15, 0.2) is 0 Å². The van der Waals surface area contributed by atoms with E-state index >= 15 is 0 Å². The van der Waals surface area contributed by atoms with E-state index in [9.17, 15) is 8.78 Å². The molecule has 2 nitrogen and oxygen atoms in total. The van der Waals surface area contributed by atoms with Crippen LogP contribution < -0.4 is 0 Å². The van der Waals surface area contributed by atoms with Gasteiger partial charge in [0.2, 0.25) is 0 Å². The highest BCUT2D eigenvalue weighted by molar-refractivity contribution is 9.10. The molecule has 0 aliphatic rings. The number of pyridine rings is 1. The quantitative estimate of drug-likeness (QED) is 0.849. The molecule has 0 radical (unpaired) electrons. The van der Waals surface area contributed by atoms with Crippen molar-refractivity contribution in [1.82, 2.24) is 4.98 Å². The number of nitrogens with zero attached hydrogens (tertiary/aromatic N) is 1. The third kappa shape index (κ3) is 3.67. The molecule has 0 aliphatic heterocycles. The van der Waals surface area contributed by atoms with Crippen molar-refractivity contribution >= 4 is 15.9 Å². The van der Waals surface area contributed by atoms with E-state index < -0.39 is 25.4 Å². The lowest BCUT2D eigenvalue weighted by Crippen LogP contribution is -2.21. The average Bonchev–Trinajstić information content (AvgIpc) is 2.02. The van der Waals surface area contributed by atoms with Crippen LogP contribution >= 0.6 is 15.9 Å². The Balaban J connectivity index is 2.68. The second kappa shape index (κ2) is 4.79. The van der Waals surface area contributed by atoms with Crippen LogP contribution in [0.15, 0.2) is 22.8 Å². The maximum atomic E-state index is 13.0. The summed E-state index contributed by atoms with van der Waals surface area (Å²) in [4.78, 5) is 3.90. The van der Waals surface area contributed by atoms with Crippen molar-refractivity contribution < 1.29 is 13.9 Å². The lowest BCUT2D eigenvalue weighted by Gasteiger charge is -2.14. The Morgan fingerprint density at radius 1 is 1.43 bits per heavy atom.